The fourth-order valence-electron chi connectivity index (χ4n) is 2.36. The molecule has 1 amide bonds. The Bertz CT molecular complexity index is 484. The smallest absolute Gasteiger partial charge is 0.253 e. The Balaban J connectivity index is 1.83. The average molecular weight is 292 g/mol. The first kappa shape index (κ1) is 14.9. The van der Waals surface area contributed by atoms with Crippen LogP contribution in [-0.2, 0) is 4.74 Å². The van der Waals surface area contributed by atoms with Gasteiger partial charge in [-0.2, -0.15) is 0 Å². The number of ether oxygens (including phenoxy) is 1. The van der Waals surface area contributed by atoms with Crippen molar-refractivity contribution < 1.29 is 9.53 Å². The Hall–Kier alpha value is -1.50. The maximum atomic E-state index is 12.3. The molecule has 4 heteroatoms. The van der Waals surface area contributed by atoms with Gasteiger partial charge < -0.3 is 9.64 Å². The van der Waals surface area contributed by atoms with E-state index in [1.807, 2.05) is 4.90 Å². The topological polar surface area (TPSA) is 29.5 Å². The second-order valence-electron chi connectivity index (χ2n) is 4.96. The molecule has 0 aromatic heterocycles. The molecule has 1 aromatic rings. The van der Waals surface area contributed by atoms with Crippen LogP contribution in [0.4, 0.5) is 0 Å². The van der Waals surface area contributed by atoms with Crippen molar-refractivity contribution in [2.75, 3.05) is 26.3 Å². The molecule has 0 N–H and O–H groups in total. The van der Waals surface area contributed by atoms with Crippen LogP contribution in [-0.4, -0.2) is 37.1 Å². The summed E-state index contributed by atoms with van der Waals surface area (Å²) in [7, 11) is 0. The van der Waals surface area contributed by atoms with Crippen molar-refractivity contribution in [1.82, 2.24) is 4.90 Å². The van der Waals surface area contributed by atoms with Crippen molar-refractivity contribution in [1.29, 1.82) is 0 Å². The number of piperidine rings is 1. The van der Waals surface area contributed by atoms with Crippen molar-refractivity contribution in [3.8, 4) is 12.3 Å². The molecule has 0 spiro atoms. The Morgan fingerprint density at radius 3 is 2.60 bits per heavy atom. The molecule has 20 heavy (non-hydrogen) atoms. The van der Waals surface area contributed by atoms with Gasteiger partial charge in [0, 0.05) is 23.7 Å². The Labute approximate surface area is 124 Å². The normalized spacial score (nSPS) is 15.9. The van der Waals surface area contributed by atoms with Crippen LogP contribution in [0.1, 0.15) is 23.2 Å². The molecule has 1 saturated heterocycles. The van der Waals surface area contributed by atoms with Crippen LogP contribution in [0.3, 0.4) is 0 Å². The number of benzene rings is 1. The summed E-state index contributed by atoms with van der Waals surface area (Å²) in [6, 6.07) is 7.03. The molecule has 0 bridgehead atoms. The highest BCUT2D eigenvalue weighted by Gasteiger charge is 2.23. The van der Waals surface area contributed by atoms with E-state index in [1.165, 1.54) is 0 Å². The van der Waals surface area contributed by atoms with Crippen LogP contribution in [0.15, 0.2) is 24.3 Å². The van der Waals surface area contributed by atoms with Crippen molar-refractivity contribution in [2.45, 2.75) is 12.8 Å². The summed E-state index contributed by atoms with van der Waals surface area (Å²) in [6.07, 6.45) is 7.07. The van der Waals surface area contributed by atoms with Crippen molar-refractivity contribution in [3.05, 3.63) is 34.9 Å². The average Bonchev–Trinajstić information content (AvgIpc) is 2.48. The number of carbonyl (C=O) groups is 1. The maximum Gasteiger partial charge on any atom is 0.253 e. The van der Waals surface area contributed by atoms with E-state index in [0.717, 1.165) is 25.9 Å². The molecule has 1 fully saturated rings. The van der Waals surface area contributed by atoms with Gasteiger partial charge >= 0.3 is 0 Å². The lowest BCUT2D eigenvalue weighted by molar-refractivity contribution is 0.0582. The molecule has 106 valence electrons. The number of halogens is 1. The predicted octanol–water partition coefficient (Wildman–Crippen LogP) is 2.84. The second kappa shape index (κ2) is 7.33. The predicted molar refractivity (Wildman–Crippen MR) is 79.7 cm³/mol. The van der Waals surface area contributed by atoms with E-state index < -0.39 is 0 Å². The van der Waals surface area contributed by atoms with E-state index in [4.69, 9.17) is 22.8 Å². The number of rotatable bonds is 4. The molecule has 0 atom stereocenters. The lowest BCUT2D eigenvalue weighted by Gasteiger charge is -2.31. The molecule has 0 saturated carbocycles. The minimum atomic E-state index is 0.0738. The highest BCUT2D eigenvalue weighted by Crippen LogP contribution is 2.20. The van der Waals surface area contributed by atoms with Crippen LogP contribution in [0.5, 0.6) is 0 Å². The number of carbonyl (C=O) groups excluding carboxylic acids is 1. The third-order valence-corrected chi connectivity index (χ3v) is 3.78. The molecule has 0 radical (unpaired) electrons. The Morgan fingerprint density at radius 1 is 1.35 bits per heavy atom. The summed E-state index contributed by atoms with van der Waals surface area (Å²) in [5.41, 5.74) is 0.691. The first-order chi connectivity index (χ1) is 9.70. The van der Waals surface area contributed by atoms with Crippen LogP contribution in [0, 0.1) is 18.3 Å². The molecular formula is C16H18ClNO2. The van der Waals surface area contributed by atoms with Crippen LogP contribution >= 0.6 is 11.6 Å². The van der Waals surface area contributed by atoms with Gasteiger partial charge in [0.2, 0.25) is 0 Å². The lowest BCUT2D eigenvalue weighted by atomic mass is 9.97. The largest absolute Gasteiger partial charge is 0.369 e. The number of hydrogen-bond donors (Lipinski definition) is 0. The third-order valence-electron chi connectivity index (χ3n) is 3.53. The number of likely N-dealkylation sites (tertiary alicyclic amines) is 1. The van der Waals surface area contributed by atoms with Gasteiger partial charge in [0.1, 0.15) is 6.61 Å². The van der Waals surface area contributed by atoms with Crippen molar-refractivity contribution in [2.24, 2.45) is 5.92 Å². The fourth-order valence-corrected chi connectivity index (χ4v) is 2.49. The number of nitrogens with zero attached hydrogens (tertiary/aromatic N) is 1. The Morgan fingerprint density at radius 2 is 2.00 bits per heavy atom. The maximum absolute atomic E-state index is 12.3. The van der Waals surface area contributed by atoms with Crippen LogP contribution < -0.4 is 0 Å². The highest BCUT2D eigenvalue weighted by molar-refractivity contribution is 6.30. The first-order valence-corrected chi connectivity index (χ1v) is 7.14. The number of hydrogen-bond acceptors (Lipinski definition) is 2. The van der Waals surface area contributed by atoms with E-state index in [-0.39, 0.29) is 5.91 Å². The van der Waals surface area contributed by atoms with E-state index in [1.54, 1.807) is 24.3 Å². The summed E-state index contributed by atoms with van der Waals surface area (Å²) in [5.74, 6) is 3.03. The SMILES string of the molecule is C#CCOCC1CCN(C(=O)c2ccc(Cl)cc2)CC1. The zero-order chi connectivity index (χ0) is 14.4. The van der Waals surface area contributed by atoms with E-state index in [9.17, 15) is 4.79 Å². The summed E-state index contributed by atoms with van der Waals surface area (Å²) < 4.78 is 5.36. The van der Waals surface area contributed by atoms with Gasteiger partial charge in [-0.1, -0.05) is 17.5 Å². The number of terminal acetylenes is 1. The Kier molecular flexibility index (Phi) is 5.46. The third kappa shape index (κ3) is 4.00. The minimum absolute atomic E-state index is 0.0738. The van der Waals surface area contributed by atoms with Crippen molar-refractivity contribution >= 4 is 17.5 Å². The highest BCUT2D eigenvalue weighted by atomic mass is 35.5. The van der Waals surface area contributed by atoms with E-state index >= 15 is 0 Å². The zero-order valence-electron chi connectivity index (χ0n) is 11.3. The van der Waals surface area contributed by atoms with Crippen LogP contribution in [0.2, 0.25) is 5.02 Å². The van der Waals surface area contributed by atoms with Gasteiger partial charge in [0.15, 0.2) is 0 Å². The lowest BCUT2D eigenvalue weighted by Crippen LogP contribution is -2.39. The summed E-state index contributed by atoms with van der Waals surface area (Å²) in [6.45, 7) is 2.59. The second-order valence-corrected chi connectivity index (χ2v) is 5.40. The molecule has 0 aliphatic carbocycles. The van der Waals surface area contributed by atoms with Crippen LogP contribution in [0.25, 0.3) is 0 Å². The molecule has 1 heterocycles. The standard InChI is InChI=1S/C16H18ClNO2/c1-2-11-20-12-13-7-9-18(10-8-13)16(19)14-3-5-15(17)6-4-14/h1,3-6,13H,7-12H2. The van der Waals surface area contributed by atoms with E-state index in [0.29, 0.717) is 29.7 Å². The van der Waals surface area contributed by atoms with Gasteiger partial charge in [0.05, 0.1) is 6.61 Å². The zero-order valence-corrected chi connectivity index (χ0v) is 12.1. The van der Waals surface area contributed by atoms with Gasteiger partial charge in [-0.15, -0.1) is 6.42 Å². The minimum Gasteiger partial charge on any atom is -0.369 e. The number of amides is 1. The van der Waals surface area contributed by atoms with Gasteiger partial charge in [-0.25, -0.2) is 0 Å². The molecular weight excluding hydrogens is 274 g/mol. The molecule has 1 aliphatic heterocycles. The fraction of sp³-hybridized carbons (Fsp3) is 0.438. The monoisotopic (exact) mass is 291 g/mol. The summed E-state index contributed by atoms with van der Waals surface area (Å²) in [4.78, 5) is 14.2. The van der Waals surface area contributed by atoms with Gasteiger partial charge in [-0.3, -0.25) is 4.79 Å². The van der Waals surface area contributed by atoms with Gasteiger partial charge in [0.25, 0.3) is 5.91 Å². The van der Waals surface area contributed by atoms with Gasteiger partial charge in [-0.05, 0) is 43.0 Å². The quantitative estimate of drug-likeness (QED) is 0.631. The summed E-state index contributed by atoms with van der Waals surface area (Å²) >= 11 is 5.83. The first-order valence-electron chi connectivity index (χ1n) is 6.76. The molecule has 3 nitrogen and oxygen atoms in total. The molecule has 1 aliphatic rings. The molecule has 0 unspecified atom stereocenters. The van der Waals surface area contributed by atoms with Crippen molar-refractivity contribution in [3.63, 3.8) is 0 Å². The molecule has 1 aromatic carbocycles. The van der Waals surface area contributed by atoms with E-state index in [2.05, 4.69) is 5.92 Å². The summed E-state index contributed by atoms with van der Waals surface area (Å²) in [5, 5.41) is 0.644. The molecule has 2 rings (SSSR count).